The molecule has 108 valence electrons. The summed E-state index contributed by atoms with van der Waals surface area (Å²) in [6, 6.07) is -0.337. The highest BCUT2D eigenvalue weighted by Gasteiger charge is 2.48. The monoisotopic (exact) mass is 270 g/mol. The van der Waals surface area contributed by atoms with Crippen molar-refractivity contribution in [3.63, 3.8) is 0 Å². The molecule has 0 aromatic carbocycles. The molecule has 2 unspecified atom stereocenters. The highest BCUT2D eigenvalue weighted by atomic mass is 16.5. The van der Waals surface area contributed by atoms with Crippen molar-refractivity contribution < 1.29 is 19.4 Å². The SMILES string of the molecule is CC1(C(=O)NC2(CC(=O)O)CCCC2)COCC1N. The molecular formula is C13H22N2O4. The van der Waals surface area contributed by atoms with E-state index in [-0.39, 0.29) is 18.4 Å². The molecule has 0 aromatic heterocycles. The minimum atomic E-state index is -0.876. The minimum Gasteiger partial charge on any atom is -0.481 e. The fraction of sp³-hybridized carbons (Fsp3) is 0.846. The van der Waals surface area contributed by atoms with Crippen molar-refractivity contribution in [3.8, 4) is 0 Å². The zero-order valence-corrected chi connectivity index (χ0v) is 11.3. The van der Waals surface area contributed by atoms with Crippen molar-refractivity contribution in [3.05, 3.63) is 0 Å². The average Bonchev–Trinajstić information content (AvgIpc) is 2.88. The highest BCUT2D eigenvalue weighted by Crippen LogP contribution is 2.35. The molecule has 2 atom stereocenters. The van der Waals surface area contributed by atoms with Crippen LogP contribution in [0, 0.1) is 5.41 Å². The van der Waals surface area contributed by atoms with Crippen LogP contribution < -0.4 is 11.1 Å². The summed E-state index contributed by atoms with van der Waals surface area (Å²) in [4.78, 5) is 23.5. The molecule has 1 saturated carbocycles. The summed E-state index contributed by atoms with van der Waals surface area (Å²) in [5, 5.41) is 12.0. The molecule has 19 heavy (non-hydrogen) atoms. The van der Waals surface area contributed by atoms with Crippen LogP contribution in [0.3, 0.4) is 0 Å². The van der Waals surface area contributed by atoms with Gasteiger partial charge in [-0.3, -0.25) is 9.59 Å². The Bertz CT molecular complexity index is 379. The number of carboxylic acid groups (broad SMARTS) is 1. The van der Waals surface area contributed by atoms with Gasteiger partial charge in [-0.2, -0.15) is 0 Å². The van der Waals surface area contributed by atoms with Crippen LogP contribution in [-0.2, 0) is 14.3 Å². The van der Waals surface area contributed by atoms with E-state index in [0.717, 1.165) is 25.7 Å². The number of aliphatic carboxylic acids is 1. The maximum absolute atomic E-state index is 12.5. The van der Waals surface area contributed by atoms with E-state index in [1.807, 2.05) is 0 Å². The smallest absolute Gasteiger partial charge is 0.305 e. The van der Waals surface area contributed by atoms with Gasteiger partial charge in [-0.1, -0.05) is 12.8 Å². The van der Waals surface area contributed by atoms with Crippen LogP contribution in [0.25, 0.3) is 0 Å². The fourth-order valence-corrected chi connectivity index (χ4v) is 2.99. The zero-order valence-electron chi connectivity index (χ0n) is 11.3. The van der Waals surface area contributed by atoms with Crippen LogP contribution in [-0.4, -0.2) is 41.8 Å². The van der Waals surface area contributed by atoms with E-state index in [4.69, 9.17) is 15.6 Å². The van der Waals surface area contributed by atoms with Crippen molar-refractivity contribution in [2.45, 2.75) is 50.6 Å². The number of hydrogen-bond donors (Lipinski definition) is 3. The van der Waals surface area contributed by atoms with Gasteiger partial charge < -0.3 is 20.9 Å². The Kier molecular flexibility index (Phi) is 3.82. The Morgan fingerprint density at radius 3 is 2.53 bits per heavy atom. The molecule has 2 aliphatic rings. The van der Waals surface area contributed by atoms with Gasteiger partial charge in [0.2, 0.25) is 5.91 Å². The van der Waals surface area contributed by atoms with Gasteiger partial charge in [-0.05, 0) is 19.8 Å². The number of amides is 1. The Morgan fingerprint density at radius 2 is 2.05 bits per heavy atom. The number of rotatable bonds is 4. The number of ether oxygens (including phenoxy) is 1. The molecule has 0 radical (unpaired) electrons. The van der Waals surface area contributed by atoms with Gasteiger partial charge in [0.25, 0.3) is 0 Å². The first kappa shape index (κ1) is 14.3. The summed E-state index contributed by atoms with van der Waals surface area (Å²) in [7, 11) is 0. The number of carbonyl (C=O) groups is 2. The van der Waals surface area contributed by atoms with Gasteiger partial charge in [0, 0.05) is 6.04 Å². The molecule has 1 aliphatic carbocycles. The van der Waals surface area contributed by atoms with Crippen molar-refractivity contribution in [2.75, 3.05) is 13.2 Å². The maximum Gasteiger partial charge on any atom is 0.305 e. The lowest BCUT2D eigenvalue weighted by atomic mass is 9.82. The minimum absolute atomic E-state index is 0.0229. The Hall–Kier alpha value is -1.14. The topological polar surface area (TPSA) is 102 Å². The van der Waals surface area contributed by atoms with Crippen LogP contribution in [0.4, 0.5) is 0 Å². The second kappa shape index (κ2) is 5.09. The molecule has 2 rings (SSSR count). The van der Waals surface area contributed by atoms with Gasteiger partial charge in [0.15, 0.2) is 0 Å². The highest BCUT2D eigenvalue weighted by molar-refractivity contribution is 5.85. The van der Waals surface area contributed by atoms with Crippen LogP contribution in [0.15, 0.2) is 0 Å². The third kappa shape index (κ3) is 2.74. The first-order valence-electron chi connectivity index (χ1n) is 6.76. The van der Waals surface area contributed by atoms with Gasteiger partial charge in [-0.25, -0.2) is 0 Å². The van der Waals surface area contributed by atoms with E-state index in [0.29, 0.717) is 13.2 Å². The number of carbonyl (C=O) groups excluding carboxylic acids is 1. The average molecular weight is 270 g/mol. The van der Waals surface area contributed by atoms with E-state index in [2.05, 4.69) is 5.32 Å². The van der Waals surface area contributed by atoms with E-state index in [9.17, 15) is 9.59 Å². The number of carboxylic acids is 1. The van der Waals surface area contributed by atoms with Gasteiger partial charge >= 0.3 is 5.97 Å². The summed E-state index contributed by atoms with van der Waals surface area (Å²) < 4.78 is 5.27. The molecule has 6 nitrogen and oxygen atoms in total. The quantitative estimate of drug-likeness (QED) is 0.680. The standard InChI is InChI=1S/C13H22N2O4/c1-12(8-19-7-9(12)14)11(18)15-13(6-10(16)17)4-2-3-5-13/h9H,2-8,14H2,1H3,(H,15,18)(H,16,17). The van der Waals surface area contributed by atoms with E-state index < -0.39 is 16.9 Å². The van der Waals surface area contributed by atoms with Gasteiger partial charge in [-0.15, -0.1) is 0 Å². The summed E-state index contributed by atoms with van der Waals surface area (Å²) >= 11 is 0. The largest absolute Gasteiger partial charge is 0.481 e. The molecule has 1 heterocycles. The fourth-order valence-electron chi connectivity index (χ4n) is 2.99. The molecular weight excluding hydrogens is 248 g/mol. The Morgan fingerprint density at radius 1 is 1.42 bits per heavy atom. The molecule has 0 aromatic rings. The normalized spacial score (nSPS) is 33.3. The second-order valence-electron chi connectivity index (χ2n) is 6.05. The van der Waals surface area contributed by atoms with Crippen molar-refractivity contribution in [2.24, 2.45) is 11.1 Å². The zero-order chi connectivity index (χ0) is 14.1. The summed E-state index contributed by atoms with van der Waals surface area (Å²) in [5.74, 6) is -1.06. The Labute approximate surface area is 112 Å². The number of nitrogens with two attached hydrogens (primary N) is 1. The van der Waals surface area contributed by atoms with Crippen molar-refractivity contribution in [1.29, 1.82) is 0 Å². The van der Waals surface area contributed by atoms with E-state index in [1.54, 1.807) is 6.92 Å². The molecule has 1 aliphatic heterocycles. The first-order chi connectivity index (χ1) is 8.88. The van der Waals surface area contributed by atoms with Gasteiger partial charge in [0.1, 0.15) is 0 Å². The predicted molar refractivity (Wildman–Crippen MR) is 68.5 cm³/mol. The number of hydrogen-bond acceptors (Lipinski definition) is 4. The third-order valence-corrected chi connectivity index (χ3v) is 4.47. The van der Waals surface area contributed by atoms with Crippen LogP contribution in [0.5, 0.6) is 0 Å². The number of nitrogens with one attached hydrogen (secondary N) is 1. The predicted octanol–water partition coefficient (Wildman–Crippen LogP) is 0.254. The summed E-state index contributed by atoms with van der Waals surface area (Å²) in [5.41, 5.74) is 4.57. The van der Waals surface area contributed by atoms with Crippen molar-refractivity contribution >= 4 is 11.9 Å². The first-order valence-corrected chi connectivity index (χ1v) is 6.76. The summed E-state index contributed by atoms with van der Waals surface area (Å²) in [6.45, 7) is 2.45. The van der Waals surface area contributed by atoms with Crippen LogP contribution >= 0.6 is 0 Å². The lowest BCUT2D eigenvalue weighted by molar-refractivity contribution is -0.140. The van der Waals surface area contributed by atoms with E-state index >= 15 is 0 Å². The lowest BCUT2D eigenvalue weighted by Crippen LogP contribution is -2.57. The lowest BCUT2D eigenvalue weighted by Gasteiger charge is -2.34. The second-order valence-corrected chi connectivity index (χ2v) is 6.05. The van der Waals surface area contributed by atoms with Crippen LogP contribution in [0.1, 0.15) is 39.0 Å². The molecule has 1 amide bonds. The Balaban J connectivity index is 2.09. The molecule has 4 N–H and O–H groups in total. The molecule has 0 spiro atoms. The molecule has 2 fully saturated rings. The van der Waals surface area contributed by atoms with Crippen molar-refractivity contribution in [1.82, 2.24) is 5.32 Å². The third-order valence-electron chi connectivity index (χ3n) is 4.47. The molecule has 1 saturated heterocycles. The molecule has 6 heteroatoms. The maximum atomic E-state index is 12.5. The van der Waals surface area contributed by atoms with Gasteiger partial charge in [0.05, 0.1) is 30.6 Å². The summed E-state index contributed by atoms with van der Waals surface area (Å²) in [6.07, 6.45) is 3.32. The molecule has 0 bridgehead atoms. The van der Waals surface area contributed by atoms with E-state index in [1.165, 1.54) is 0 Å². The van der Waals surface area contributed by atoms with Crippen LogP contribution in [0.2, 0.25) is 0 Å².